The molecule has 1 N–H and O–H groups in total. The lowest BCUT2D eigenvalue weighted by atomic mass is 10.2. The molecule has 0 spiro atoms. The van der Waals surface area contributed by atoms with Crippen molar-refractivity contribution in [3.05, 3.63) is 86.9 Å². The van der Waals surface area contributed by atoms with Gasteiger partial charge in [0.15, 0.2) is 17.6 Å². The van der Waals surface area contributed by atoms with Gasteiger partial charge in [0.25, 0.3) is 5.91 Å². The van der Waals surface area contributed by atoms with Crippen molar-refractivity contribution in [1.82, 2.24) is 5.43 Å². The predicted molar refractivity (Wildman–Crippen MR) is 132 cm³/mol. The summed E-state index contributed by atoms with van der Waals surface area (Å²) in [7, 11) is 1.43. The van der Waals surface area contributed by atoms with E-state index in [1.807, 2.05) is 0 Å². The number of hydrazone groups is 1. The molecule has 0 bridgehead atoms. The third-order valence-electron chi connectivity index (χ3n) is 4.41. The molecule has 0 aromatic heterocycles. The van der Waals surface area contributed by atoms with E-state index in [0.29, 0.717) is 27.1 Å². The van der Waals surface area contributed by atoms with Crippen molar-refractivity contribution in [2.24, 2.45) is 5.10 Å². The van der Waals surface area contributed by atoms with E-state index in [1.165, 1.54) is 31.5 Å². The van der Waals surface area contributed by atoms with Gasteiger partial charge in [0.1, 0.15) is 5.75 Å². The monoisotopic (exact) mass is 520 g/mol. The molecule has 0 saturated carbocycles. The van der Waals surface area contributed by atoms with E-state index in [4.69, 9.17) is 49.0 Å². The minimum Gasteiger partial charge on any atom is -0.493 e. The van der Waals surface area contributed by atoms with Gasteiger partial charge in [0, 0.05) is 5.02 Å². The molecule has 0 radical (unpaired) electrons. The predicted octanol–water partition coefficient (Wildman–Crippen LogP) is 5.79. The molecule has 3 rings (SSSR count). The van der Waals surface area contributed by atoms with Gasteiger partial charge in [-0.25, -0.2) is 10.2 Å². The Balaban J connectivity index is 1.61. The van der Waals surface area contributed by atoms with Crippen LogP contribution in [0.5, 0.6) is 17.2 Å². The zero-order valence-electron chi connectivity index (χ0n) is 18.1. The number of nitrogens with zero attached hydrogens (tertiary/aromatic N) is 1. The molecule has 1 atom stereocenters. The minimum absolute atomic E-state index is 0.198. The molecule has 0 aliphatic carbocycles. The second-order valence-corrected chi connectivity index (χ2v) is 8.13. The van der Waals surface area contributed by atoms with Crippen LogP contribution < -0.4 is 19.6 Å². The number of rotatable bonds is 8. The van der Waals surface area contributed by atoms with Gasteiger partial charge in [-0.15, -0.1) is 0 Å². The smallest absolute Gasteiger partial charge is 0.343 e. The third-order valence-corrected chi connectivity index (χ3v) is 5.39. The molecule has 7 nitrogen and oxygen atoms in total. The van der Waals surface area contributed by atoms with Crippen molar-refractivity contribution >= 4 is 52.9 Å². The van der Waals surface area contributed by atoms with Crippen LogP contribution >= 0.6 is 34.8 Å². The van der Waals surface area contributed by atoms with E-state index in [2.05, 4.69) is 10.5 Å². The van der Waals surface area contributed by atoms with E-state index in [-0.39, 0.29) is 16.3 Å². The van der Waals surface area contributed by atoms with Crippen LogP contribution in [-0.2, 0) is 4.79 Å². The van der Waals surface area contributed by atoms with Crippen molar-refractivity contribution in [1.29, 1.82) is 0 Å². The van der Waals surface area contributed by atoms with Crippen LogP contribution in [0.3, 0.4) is 0 Å². The van der Waals surface area contributed by atoms with Crippen LogP contribution in [0.2, 0.25) is 15.1 Å². The molecule has 3 aromatic carbocycles. The summed E-state index contributed by atoms with van der Waals surface area (Å²) in [6.45, 7) is 1.59. The van der Waals surface area contributed by atoms with Gasteiger partial charge in [-0.05, 0) is 67.1 Å². The lowest BCUT2D eigenvalue weighted by Gasteiger charge is -2.13. The van der Waals surface area contributed by atoms with Crippen LogP contribution in [0.4, 0.5) is 0 Å². The van der Waals surface area contributed by atoms with Crippen molar-refractivity contribution in [2.75, 3.05) is 7.11 Å². The van der Waals surface area contributed by atoms with Gasteiger partial charge in [-0.1, -0.05) is 40.9 Å². The van der Waals surface area contributed by atoms with Gasteiger partial charge in [0.05, 0.1) is 28.9 Å². The fourth-order valence-corrected chi connectivity index (χ4v) is 3.17. The first kappa shape index (κ1) is 25.4. The van der Waals surface area contributed by atoms with Crippen molar-refractivity contribution in [3.63, 3.8) is 0 Å². The first-order valence-corrected chi connectivity index (χ1v) is 11.0. The molecule has 3 aromatic rings. The maximum atomic E-state index is 12.4. The number of nitrogens with one attached hydrogen (secondary N) is 1. The molecule has 0 heterocycles. The Bertz CT molecular complexity index is 1230. The maximum Gasteiger partial charge on any atom is 0.343 e. The number of hydrogen-bond donors (Lipinski definition) is 1. The SMILES string of the molecule is COc1cc(/C=N\NC(=O)[C@@H](C)Oc2cccc(Cl)c2)ccc1OC(=O)c1ccc(Cl)c(Cl)c1. The molecular formula is C24H19Cl3N2O5. The summed E-state index contributed by atoms with van der Waals surface area (Å²) in [6, 6.07) is 15.9. The normalized spacial score (nSPS) is 11.7. The van der Waals surface area contributed by atoms with E-state index < -0.39 is 18.0 Å². The van der Waals surface area contributed by atoms with Gasteiger partial charge in [-0.2, -0.15) is 5.10 Å². The Morgan fingerprint density at radius 3 is 2.47 bits per heavy atom. The highest BCUT2D eigenvalue weighted by Gasteiger charge is 2.15. The van der Waals surface area contributed by atoms with E-state index in [9.17, 15) is 9.59 Å². The standard InChI is InChI=1S/C24H19Cl3N2O5/c1-14(33-18-5-3-4-17(25)12-18)23(30)29-28-13-15-6-9-21(22(10-15)32-2)34-24(31)16-7-8-19(26)20(27)11-16/h3-14H,1-2H3,(H,29,30)/b28-13-/t14-/m1/s1. The number of carbonyl (C=O) groups is 2. The second-order valence-electron chi connectivity index (χ2n) is 6.88. The van der Waals surface area contributed by atoms with Crippen molar-refractivity contribution in [2.45, 2.75) is 13.0 Å². The number of hydrogen-bond acceptors (Lipinski definition) is 6. The Hall–Kier alpha value is -3.26. The first-order valence-electron chi connectivity index (χ1n) is 9.87. The zero-order chi connectivity index (χ0) is 24.7. The summed E-state index contributed by atoms with van der Waals surface area (Å²) in [5, 5.41) is 5.01. The Morgan fingerprint density at radius 2 is 1.76 bits per heavy atom. The number of halogens is 3. The fraction of sp³-hybridized carbons (Fsp3) is 0.125. The van der Waals surface area contributed by atoms with Gasteiger partial charge < -0.3 is 14.2 Å². The molecule has 0 unspecified atom stereocenters. The fourth-order valence-electron chi connectivity index (χ4n) is 2.69. The third kappa shape index (κ3) is 6.87. The molecule has 10 heteroatoms. The Labute approximate surface area is 211 Å². The van der Waals surface area contributed by atoms with Crippen LogP contribution in [0, 0.1) is 0 Å². The first-order chi connectivity index (χ1) is 16.3. The number of amides is 1. The van der Waals surface area contributed by atoms with Crippen molar-refractivity contribution in [3.8, 4) is 17.2 Å². The highest BCUT2D eigenvalue weighted by atomic mass is 35.5. The quantitative estimate of drug-likeness (QED) is 0.175. The van der Waals surface area contributed by atoms with E-state index in [1.54, 1.807) is 49.4 Å². The molecular weight excluding hydrogens is 503 g/mol. The molecule has 0 saturated heterocycles. The van der Waals surface area contributed by atoms with Gasteiger partial charge in [-0.3, -0.25) is 4.79 Å². The molecule has 176 valence electrons. The lowest BCUT2D eigenvalue weighted by Crippen LogP contribution is -2.33. The Morgan fingerprint density at radius 1 is 0.971 bits per heavy atom. The Kier molecular flexibility index (Phi) is 8.76. The number of methoxy groups -OCH3 is 1. The van der Waals surface area contributed by atoms with Crippen LogP contribution in [0.25, 0.3) is 0 Å². The number of ether oxygens (including phenoxy) is 3. The highest BCUT2D eigenvalue weighted by Crippen LogP contribution is 2.29. The van der Waals surface area contributed by atoms with E-state index in [0.717, 1.165) is 0 Å². The zero-order valence-corrected chi connectivity index (χ0v) is 20.3. The number of benzene rings is 3. The topological polar surface area (TPSA) is 86.2 Å². The highest BCUT2D eigenvalue weighted by molar-refractivity contribution is 6.42. The summed E-state index contributed by atoms with van der Waals surface area (Å²) < 4.78 is 16.3. The second kappa shape index (κ2) is 11.7. The van der Waals surface area contributed by atoms with Gasteiger partial charge in [0.2, 0.25) is 0 Å². The molecule has 34 heavy (non-hydrogen) atoms. The van der Waals surface area contributed by atoms with E-state index >= 15 is 0 Å². The lowest BCUT2D eigenvalue weighted by molar-refractivity contribution is -0.127. The summed E-state index contributed by atoms with van der Waals surface area (Å²) in [5.74, 6) is -0.117. The average Bonchev–Trinajstić information content (AvgIpc) is 2.81. The van der Waals surface area contributed by atoms with Crippen LogP contribution in [0.1, 0.15) is 22.8 Å². The van der Waals surface area contributed by atoms with Crippen LogP contribution in [-0.4, -0.2) is 31.3 Å². The summed E-state index contributed by atoms with van der Waals surface area (Å²) >= 11 is 17.7. The number of esters is 1. The maximum absolute atomic E-state index is 12.4. The molecule has 0 aliphatic rings. The summed E-state index contributed by atoms with van der Waals surface area (Å²) in [5.41, 5.74) is 3.23. The van der Waals surface area contributed by atoms with Crippen LogP contribution in [0.15, 0.2) is 65.8 Å². The molecule has 0 aliphatic heterocycles. The minimum atomic E-state index is -0.798. The summed E-state index contributed by atoms with van der Waals surface area (Å²) in [4.78, 5) is 24.6. The molecule has 0 fully saturated rings. The average molecular weight is 522 g/mol. The summed E-state index contributed by atoms with van der Waals surface area (Å²) in [6.07, 6.45) is 0.616. The largest absolute Gasteiger partial charge is 0.493 e. The number of carbonyl (C=O) groups excluding carboxylic acids is 2. The molecule has 1 amide bonds. The van der Waals surface area contributed by atoms with Gasteiger partial charge >= 0.3 is 5.97 Å². The van der Waals surface area contributed by atoms with Crippen molar-refractivity contribution < 1.29 is 23.8 Å².